The van der Waals surface area contributed by atoms with Crippen LogP contribution in [0, 0.1) is 5.82 Å². The van der Waals surface area contributed by atoms with Gasteiger partial charge >= 0.3 is 0 Å². The molecule has 0 aliphatic heterocycles. The van der Waals surface area contributed by atoms with Crippen LogP contribution in [-0.2, 0) is 17.8 Å². The predicted octanol–water partition coefficient (Wildman–Crippen LogP) is 3.56. The van der Waals surface area contributed by atoms with Crippen LogP contribution in [0.4, 0.5) is 4.39 Å². The molecule has 1 N–H and O–H groups in total. The van der Waals surface area contributed by atoms with Gasteiger partial charge in [-0.15, -0.1) is 0 Å². The molecule has 2 rings (SSSR count). The van der Waals surface area contributed by atoms with Crippen LogP contribution in [0.5, 0.6) is 11.5 Å². The summed E-state index contributed by atoms with van der Waals surface area (Å²) in [5, 5.41) is 9.34. The lowest BCUT2D eigenvalue weighted by Gasteiger charge is -2.23. The number of amides is 1. The number of carbonyl (C=O) groups is 1. The van der Waals surface area contributed by atoms with Crippen LogP contribution >= 0.6 is 15.9 Å². The second-order valence-corrected chi connectivity index (χ2v) is 6.87. The van der Waals surface area contributed by atoms with Gasteiger partial charge in [0.25, 0.3) is 0 Å². The van der Waals surface area contributed by atoms with E-state index in [0.29, 0.717) is 21.5 Å². The van der Waals surface area contributed by atoms with Crippen molar-refractivity contribution in [2.75, 3.05) is 27.4 Å². The molecule has 0 radical (unpaired) electrons. The van der Waals surface area contributed by atoms with E-state index in [1.54, 1.807) is 44.6 Å². The van der Waals surface area contributed by atoms with Crippen molar-refractivity contribution in [3.8, 4) is 11.5 Å². The third-order valence-corrected chi connectivity index (χ3v) is 4.69. The lowest BCUT2D eigenvalue weighted by atomic mass is 10.1. The van der Waals surface area contributed by atoms with Gasteiger partial charge in [-0.05, 0) is 42.3 Å². The van der Waals surface area contributed by atoms with Gasteiger partial charge in [0.05, 0.1) is 20.8 Å². The number of aliphatic hydroxyl groups excluding tert-OH is 1. The Kier molecular flexibility index (Phi) is 8.06. The molecule has 27 heavy (non-hydrogen) atoms. The Morgan fingerprint density at radius 3 is 2.56 bits per heavy atom. The van der Waals surface area contributed by atoms with Gasteiger partial charge < -0.3 is 19.5 Å². The molecule has 5 nitrogen and oxygen atoms in total. The van der Waals surface area contributed by atoms with Crippen molar-refractivity contribution in [2.24, 2.45) is 0 Å². The Bertz CT molecular complexity index is 785. The molecule has 7 heteroatoms. The molecule has 0 heterocycles. The Hall–Kier alpha value is -2.12. The number of nitrogens with zero attached hydrogens (tertiary/aromatic N) is 1. The van der Waals surface area contributed by atoms with Crippen molar-refractivity contribution < 1.29 is 23.8 Å². The average Bonchev–Trinajstić information content (AvgIpc) is 2.66. The Morgan fingerprint density at radius 2 is 1.93 bits per heavy atom. The van der Waals surface area contributed by atoms with Crippen molar-refractivity contribution in [1.29, 1.82) is 0 Å². The van der Waals surface area contributed by atoms with E-state index in [1.165, 1.54) is 11.0 Å². The number of hydrogen-bond acceptors (Lipinski definition) is 4. The maximum Gasteiger partial charge on any atom is 0.223 e. The topological polar surface area (TPSA) is 59.0 Å². The van der Waals surface area contributed by atoms with Crippen LogP contribution in [-0.4, -0.2) is 43.3 Å². The van der Waals surface area contributed by atoms with Crippen LogP contribution in [0.15, 0.2) is 40.9 Å². The molecule has 0 atom stereocenters. The molecule has 1 amide bonds. The summed E-state index contributed by atoms with van der Waals surface area (Å²) in [6.45, 7) is 0.287. The number of rotatable bonds is 9. The second-order valence-electron chi connectivity index (χ2n) is 5.95. The third kappa shape index (κ3) is 5.94. The predicted molar refractivity (Wildman–Crippen MR) is 104 cm³/mol. The molecule has 2 aromatic rings. The smallest absolute Gasteiger partial charge is 0.223 e. The van der Waals surface area contributed by atoms with Gasteiger partial charge in [0.2, 0.25) is 5.91 Å². The molecule has 0 unspecified atom stereocenters. The summed E-state index contributed by atoms with van der Waals surface area (Å²) in [6.07, 6.45) is 0.431. The summed E-state index contributed by atoms with van der Waals surface area (Å²) in [4.78, 5) is 14.2. The summed E-state index contributed by atoms with van der Waals surface area (Å²) in [6, 6.07) is 10.1. The van der Waals surface area contributed by atoms with E-state index in [9.17, 15) is 14.3 Å². The Balaban J connectivity index is 2.10. The summed E-state index contributed by atoms with van der Waals surface area (Å²) in [5.74, 6) is 0.765. The Labute approximate surface area is 166 Å². The van der Waals surface area contributed by atoms with Gasteiger partial charge in [-0.3, -0.25) is 4.79 Å². The molecule has 0 aromatic heterocycles. The first-order valence-electron chi connectivity index (χ1n) is 8.52. The highest BCUT2D eigenvalue weighted by atomic mass is 79.9. The fourth-order valence-electron chi connectivity index (χ4n) is 2.75. The highest BCUT2D eigenvalue weighted by Crippen LogP contribution is 2.25. The zero-order chi connectivity index (χ0) is 19.8. The van der Waals surface area contributed by atoms with Gasteiger partial charge in [0.15, 0.2) is 0 Å². The van der Waals surface area contributed by atoms with E-state index in [0.717, 1.165) is 5.56 Å². The van der Waals surface area contributed by atoms with Crippen LogP contribution < -0.4 is 9.47 Å². The summed E-state index contributed by atoms with van der Waals surface area (Å²) >= 11 is 3.22. The number of benzene rings is 2. The van der Waals surface area contributed by atoms with Crippen LogP contribution in [0.25, 0.3) is 0 Å². The largest absolute Gasteiger partial charge is 0.497 e. The van der Waals surface area contributed by atoms with Gasteiger partial charge in [0, 0.05) is 29.5 Å². The zero-order valence-corrected chi connectivity index (χ0v) is 17.0. The molecular weight excluding hydrogens is 417 g/mol. The fourth-order valence-corrected chi connectivity index (χ4v) is 3.08. The van der Waals surface area contributed by atoms with Crippen LogP contribution in [0.1, 0.15) is 17.5 Å². The normalized spacial score (nSPS) is 10.6. The molecule has 0 aliphatic carbocycles. The molecule has 0 saturated carbocycles. The third-order valence-electron chi connectivity index (χ3n) is 4.19. The standard InChI is InChI=1S/C20H23BrFNO4/c1-26-17-6-7-19(27-2)15(11-17)13-23(9-10-24)20(25)8-4-14-3-5-16(21)12-18(14)22/h3,5-7,11-12,24H,4,8-10,13H2,1-2H3. The lowest BCUT2D eigenvalue weighted by molar-refractivity contribution is -0.132. The number of aryl methyl sites for hydroxylation is 1. The first kappa shape index (κ1) is 21.2. The highest BCUT2D eigenvalue weighted by molar-refractivity contribution is 9.10. The molecule has 0 aliphatic rings. The van der Waals surface area contributed by atoms with E-state index in [1.807, 2.05) is 0 Å². The first-order chi connectivity index (χ1) is 13.0. The van der Waals surface area contributed by atoms with Crippen molar-refractivity contribution >= 4 is 21.8 Å². The van der Waals surface area contributed by atoms with Crippen LogP contribution in [0.2, 0.25) is 0 Å². The van der Waals surface area contributed by atoms with Crippen molar-refractivity contribution in [3.63, 3.8) is 0 Å². The first-order valence-corrected chi connectivity index (χ1v) is 9.31. The lowest BCUT2D eigenvalue weighted by Crippen LogP contribution is -2.33. The van der Waals surface area contributed by atoms with E-state index in [2.05, 4.69) is 15.9 Å². The van der Waals surface area contributed by atoms with Crippen molar-refractivity contribution in [2.45, 2.75) is 19.4 Å². The Morgan fingerprint density at radius 1 is 1.15 bits per heavy atom. The molecular formula is C20H23BrFNO4. The molecule has 0 bridgehead atoms. The number of hydrogen-bond donors (Lipinski definition) is 1. The van der Waals surface area contributed by atoms with Crippen molar-refractivity contribution in [1.82, 2.24) is 4.90 Å². The van der Waals surface area contributed by atoms with E-state index >= 15 is 0 Å². The monoisotopic (exact) mass is 439 g/mol. The van der Waals surface area contributed by atoms with Gasteiger partial charge in [-0.1, -0.05) is 22.0 Å². The molecule has 0 spiro atoms. The van der Waals surface area contributed by atoms with E-state index in [-0.39, 0.29) is 44.3 Å². The number of methoxy groups -OCH3 is 2. The maximum atomic E-state index is 14.0. The minimum atomic E-state index is -0.347. The van der Waals surface area contributed by atoms with Crippen LogP contribution in [0.3, 0.4) is 0 Å². The minimum Gasteiger partial charge on any atom is -0.497 e. The average molecular weight is 440 g/mol. The number of aliphatic hydroxyl groups is 1. The molecule has 2 aromatic carbocycles. The van der Waals surface area contributed by atoms with Gasteiger partial charge in [-0.25, -0.2) is 4.39 Å². The van der Waals surface area contributed by atoms with Gasteiger partial charge in [-0.2, -0.15) is 0 Å². The minimum absolute atomic E-state index is 0.144. The van der Waals surface area contributed by atoms with E-state index < -0.39 is 0 Å². The summed E-state index contributed by atoms with van der Waals surface area (Å²) < 4.78 is 25.2. The molecule has 0 saturated heterocycles. The highest BCUT2D eigenvalue weighted by Gasteiger charge is 2.17. The number of ether oxygens (including phenoxy) is 2. The maximum absolute atomic E-state index is 14.0. The number of halogens is 2. The zero-order valence-electron chi connectivity index (χ0n) is 15.4. The SMILES string of the molecule is COc1ccc(OC)c(CN(CCO)C(=O)CCc2ccc(Br)cc2F)c1. The number of carbonyl (C=O) groups excluding carboxylic acids is 1. The molecule has 0 fully saturated rings. The van der Waals surface area contributed by atoms with Crippen molar-refractivity contribution in [3.05, 3.63) is 57.8 Å². The van der Waals surface area contributed by atoms with E-state index in [4.69, 9.17) is 9.47 Å². The molecule has 146 valence electrons. The van der Waals surface area contributed by atoms with Gasteiger partial charge in [0.1, 0.15) is 17.3 Å². The summed E-state index contributed by atoms with van der Waals surface area (Å²) in [5.41, 5.74) is 1.25. The summed E-state index contributed by atoms with van der Waals surface area (Å²) in [7, 11) is 3.12. The fraction of sp³-hybridized carbons (Fsp3) is 0.350. The second kappa shape index (κ2) is 10.3. The quantitative estimate of drug-likeness (QED) is 0.648.